The van der Waals surface area contributed by atoms with Crippen LogP contribution in [0.1, 0.15) is 34.8 Å². The summed E-state index contributed by atoms with van der Waals surface area (Å²) in [5, 5.41) is 3.80. The second-order valence-electron chi connectivity index (χ2n) is 5.17. The van der Waals surface area contributed by atoms with Gasteiger partial charge in [-0.1, -0.05) is 11.3 Å². The number of amides is 1. The number of anilines is 1. The first-order valence-electron chi connectivity index (χ1n) is 6.89. The van der Waals surface area contributed by atoms with E-state index in [1.807, 2.05) is 0 Å². The second-order valence-corrected chi connectivity index (χ2v) is 6.15. The summed E-state index contributed by atoms with van der Waals surface area (Å²) in [5.41, 5.74) is -0.976. The van der Waals surface area contributed by atoms with Gasteiger partial charge < -0.3 is 15.0 Å². The van der Waals surface area contributed by atoms with Crippen LogP contribution in [-0.2, 0) is 10.4 Å². The summed E-state index contributed by atoms with van der Waals surface area (Å²) in [6.07, 6.45) is 1.91. The fourth-order valence-electron chi connectivity index (χ4n) is 2.45. The third-order valence-corrected chi connectivity index (χ3v) is 5.17. The normalized spacial score (nSPS) is 21.4. The van der Waals surface area contributed by atoms with Crippen molar-refractivity contribution in [2.24, 2.45) is 0 Å². The number of thiazole rings is 1. The highest BCUT2D eigenvalue weighted by Gasteiger charge is 2.43. The minimum atomic E-state index is -1.32. The first-order valence-corrected chi connectivity index (χ1v) is 7.71. The van der Waals surface area contributed by atoms with Gasteiger partial charge in [0.2, 0.25) is 0 Å². The zero-order valence-electron chi connectivity index (χ0n) is 11.4. The molecule has 110 valence electrons. The topological polar surface area (TPSA) is 54.5 Å². The summed E-state index contributed by atoms with van der Waals surface area (Å²) in [7, 11) is 1.57. The second kappa shape index (κ2) is 5.29. The number of morpholine rings is 1. The Labute approximate surface area is 121 Å². The van der Waals surface area contributed by atoms with Crippen LogP contribution in [0.25, 0.3) is 0 Å². The van der Waals surface area contributed by atoms with Crippen LogP contribution >= 0.6 is 11.3 Å². The third-order valence-electron chi connectivity index (χ3n) is 3.88. The molecule has 1 aliphatic heterocycles. The quantitative estimate of drug-likeness (QED) is 0.923. The molecule has 2 heterocycles. The standard InChI is InChI=1S/C13H18FN3O2S/c1-15-10(18)9-11(17-5-7-19-8-6-17)20-12(16-9)13(14)3-2-4-13/h2-8H2,1H3,(H,15,18). The van der Waals surface area contributed by atoms with Crippen molar-refractivity contribution in [2.45, 2.75) is 24.9 Å². The molecule has 20 heavy (non-hydrogen) atoms. The predicted molar refractivity (Wildman–Crippen MR) is 75.2 cm³/mol. The lowest BCUT2D eigenvalue weighted by atomic mass is 9.83. The molecule has 0 radical (unpaired) electrons. The maximum Gasteiger partial charge on any atom is 0.272 e. The van der Waals surface area contributed by atoms with Crippen molar-refractivity contribution < 1.29 is 13.9 Å². The SMILES string of the molecule is CNC(=O)c1nc(C2(F)CCC2)sc1N1CCOCC1. The van der Waals surface area contributed by atoms with Gasteiger partial charge in [0.05, 0.1) is 13.2 Å². The smallest absolute Gasteiger partial charge is 0.272 e. The van der Waals surface area contributed by atoms with Crippen LogP contribution in [-0.4, -0.2) is 44.2 Å². The van der Waals surface area contributed by atoms with Crippen LogP contribution in [0.3, 0.4) is 0 Å². The monoisotopic (exact) mass is 299 g/mol. The molecule has 0 aromatic carbocycles. The summed E-state index contributed by atoms with van der Waals surface area (Å²) < 4.78 is 19.9. The summed E-state index contributed by atoms with van der Waals surface area (Å²) >= 11 is 1.32. The van der Waals surface area contributed by atoms with Crippen molar-refractivity contribution >= 4 is 22.2 Å². The Morgan fingerprint density at radius 1 is 1.45 bits per heavy atom. The van der Waals surface area contributed by atoms with Crippen molar-refractivity contribution in [3.05, 3.63) is 10.7 Å². The highest BCUT2D eigenvalue weighted by Crippen LogP contribution is 2.48. The summed E-state index contributed by atoms with van der Waals surface area (Å²) in [6, 6.07) is 0. The summed E-state index contributed by atoms with van der Waals surface area (Å²) in [5.74, 6) is -0.253. The van der Waals surface area contributed by atoms with E-state index in [2.05, 4.69) is 15.2 Å². The first kappa shape index (κ1) is 13.8. The van der Waals surface area contributed by atoms with E-state index >= 15 is 0 Å². The fourth-order valence-corrected chi connectivity index (χ4v) is 3.71. The molecule has 2 aliphatic rings. The van der Waals surface area contributed by atoms with E-state index < -0.39 is 5.67 Å². The van der Waals surface area contributed by atoms with Gasteiger partial charge in [0.15, 0.2) is 11.4 Å². The maximum absolute atomic E-state index is 14.5. The molecular formula is C13H18FN3O2S. The minimum Gasteiger partial charge on any atom is -0.378 e. The average molecular weight is 299 g/mol. The molecule has 3 rings (SSSR count). The van der Waals surface area contributed by atoms with Gasteiger partial charge >= 0.3 is 0 Å². The first-order chi connectivity index (χ1) is 9.64. The number of nitrogens with zero attached hydrogens (tertiary/aromatic N) is 2. The van der Waals surface area contributed by atoms with Gasteiger partial charge in [-0.2, -0.15) is 0 Å². The molecule has 1 saturated heterocycles. The molecule has 1 aliphatic carbocycles. The number of hydrogen-bond donors (Lipinski definition) is 1. The van der Waals surface area contributed by atoms with Gasteiger partial charge in [-0.15, -0.1) is 0 Å². The third kappa shape index (κ3) is 2.29. The zero-order chi connectivity index (χ0) is 14.2. The van der Waals surface area contributed by atoms with Crippen LogP contribution < -0.4 is 10.2 Å². The van der Waals surface area contributed by atoms with Crippen LogP contribution in [0.2, 0.25) is 0 Å². The van der Waals surface area contributed by atoms with Crippen LogP contribution in [0.5, 0.6) is 0 Å². The lowest BCUT2D eigenvalue weighted by Crippen LogP contribution is -2.37. The van der Waals surface area contributed by atoms with Gasteiger partial charge in [-0.05, 0) is 19.3 Å². The van der Waals surface area contributed by atoms with E-state index in [1.165, 1.54) is 11.3 Å². The molecule has 0 bridgehead atoms. The number of carbonyl (C=O) groups excluding carboxylic acids is 1. The molecule has 1 aromatic heterocycles. The van der Waals surface area contributed by atoms with E-state index in [4.69, 9.17) is 4.74 Å². The Kier molecular flexibility index (Phi) is 3.64. The van der Waals surface area contributed by atoms with Crippen LogP contribution in [0.4, 0.5) is 9.39 Å². The molecule has 0 unspecified atom stereocenters. The highest BCUT2D eigenvalue weighted by atomic mass is 32.1. The van der Waals surface area contributed by atoms with Gasteiger partial charge in [0.1, 0.15) is 10.0 Å². The van der Waals surface area contributed by atoms with Gasteiger partial charge in [0.25, 0.3) is 5.91 Å². The number of nitrogens with one attached hydrogen (secondary N) is 1. The van der Waals surface area contributed by atoms with Crippen LogP contribution in [0.15, 0.2) is 0 Å². The molecule has 1 saturated carbocycles. The van der Waals surface area contributed by atoms with E-state index in [0.29, 0.717) is 49.8 Å². The van der Waals surface area contributed by atoms with Crippen LogP contribution in [0, 0.1) is 0 Å². The average Bonchev–Trinajstić information content (AvgIpc) is 2.90. The summed E-state index contributed by atoms with van der Waals surface area (Å²) in [4.78, 5) is 18.3. The lowest BCUT2D eigenvalue weighted by Gasteiger charge is -2.31. The molecule has 2 fully saturated rings. The molecule has 1 amide bonds. The Balaban J connectivity index is 1.95. The Morgan fingerprint density at radius 2 is 2.15 bits per heavy atom. The number of aromatic nitrogens is 1. The van der Waals surface area contributed by atoms with Gasteiger partial charge in [0, 0.05) is 20.1 Å². The molecular weight excluding hydrogens is 281 g/mol. The number of ether oxygens (including phenoxy) is 1. The zero-order valence-corrected chi connectivity index (χ0v) is 12.3. The number of carbonyl (C=O) groups is 1. The molecule has 5 nitrogen and oxygen atoms in total. The molecule has 0 atom stereocenters. The van der Waals surface area contributed by atoms with E-state index in [0.717, 1.165) is 11.4 Å². The summed E-state index contributed by atoms with van der Waals surface area (Å²) in [6.45, 7) is 2.68. The van der Waals surface area contributed by atoms with Gasteiger partial charge in [-0.25, -0.2) is 9.37 Å². The van der Waals surface area contributed by atoms with E-state index in [9.17, 15) is 9.18 Å². The highest BCUT2D eigenvalue weighted by molar-refractivity contribution is 7.16. The lowest BCUT2D eigenvalue weighted by molar-refractivity contribution is 0.0604. The van der Waals surface area contributed by atoms with Crippen molar-refractivity contribution in [1.82, 2.24) is 10.3 Å². The molecule has 7 heteroatoms. The van der Waals surface area contributed by atoms with Crippen molar-refractivity contribution in [2.75, 3.05) is 38.3 Å². The Bertz CT molecular complexity index is 510. The fraction of sp³-hybridized carbons (Fsp3) is 0.692. The molecule has 1 N–H and O–H groups in total. The Morgan fingerprint density at radius 3 is 2.70 bits per heavy atom. The number of halogens is 1. The van der Waals surface area contributed by atoms with Crippen molar-refractivity contribution in [1.29, 1.82) is 0 Å². The Hall–Kier alpha value is -1.21. The molecule has 0 spiro atoms. The van der Waals surface area contributed by atoms with Crippen molar-refractivity contribution in [3.8, 4) is 0 Å². The van der Waals surface area contributed by atoms with Gasteiger partial charge in [-0.3, -0.25) is 4.79 Å². The number of rotatable bonds is 3. The number of alkyl halides is 1. The largest absolute Gasteiger partial charge is 0.378 e. The minimum absolute atomic E-state index is 0.253. The molecule has 1 aromatic rings. The van der Waals surface area contributed by atoms with Crippen molar-refractivity contribution in [3.63, 3.8) is 0 Å². The maximum atomic E-state index is 14.5. The number of hydrogen-bond acceptors (Lipinski definition) is 5. The van der Waals surface area contributed by atoms with E-state index in [1.54, 1.807) is 7.05 Å². The predicted octanol–water partition coefficient (Wildman–Crippen LogP) is 1.69. The van der Waals surface area contributed by atoms with E-state index in [-0.39, 0.29) is 5.91 Å².